The van der Waals surface area contributed by atoms with E-state index in [1.165, 1.54) is 19.1 Å². The molecule has 0 saturated heterocycles. The Kier molecular flexibility index (Phi) is 4.77. The molecule has 1 unspecified atom stereocenters. The van der Waals surface area contributed by atoms with Crippen molar-refractivity contribution >= 4 is 31.8 Å². The Hall–Kier alpha value is -1.92. The van der Waals surface area contributed by atoms with Gasteiger partial charge < -0.3 is 4.74 Å². The summed E-state index contributed by atoms with van der Waals surface area (Å²) < 4.78 is 43.0. The smallest absolute Gasteiger partial charge is 0.417 e. The first-order chi connectivity index (χ1) is 10.6. The molecule has 0 N–H and O–H groups in total. The van der Waals surface area contributed by atoms with E-state index in [1.54, 1.807) is 0 Å². The minimum Gasteiger partial charge on any atom is -0.438 e. The van der Waals surface area contributed by atoms with Gasteiger partial charge in [-0.2, -0.15) is 13.2 Å². The van der Waals surface area contributed by atoms with Crippen LogP contribution in [-0.4, -0.2) is 9.91 Å². The van der Waals surface area contributed by atoms with Crippen molar-refractivity contribution in [3.05, 3.63) is 50.7 Å². The summed E-state index contributed by atoms with van der Waals surface area (Å²) in [5, 5.41) is 10.9. The first kappa shape index (κ1) is 17.4. The molecule has 1 atom stereocenters. The Morgan fingerprint density at radius 3 is 2.48 bits per heavy atom. The van der Waals surface area contributed by atoms with Gasteiger partial charge in [0.2, 0.25) is 5.88 Å². The van der Waals surface area contributed by atoms with Crippen LogP contribution in [0.5, 0.6) is 11.6 Å². The lowest BCUT2D eigenvalue weighted by Gasteiger charge is -2.11. The van der Waals surface area contributed by atoms with Crippen LogP contribution in [0.25, 0.3) is 0 Å². The van der Waals surface area contributed by atoms with Crippen LogP contribution in [0.4, 0.5) is 18.9 Å². The van der Waals surface area contributed by atoms with E-state index in [0.717, 1.165) is 0 Å². The molecule has 0 aliphatic rings. The van der Waals surface area contributed by atoms with Crippen molar-refractivity contribution in [3.63, 3.8) is 0 Å². The lowest BCUT2D eigenvalue weighted by molar-refractivity contribution is -0.384. The Balaban J connectivity index is 2.35. The molecule has 0 radical (unpaired) electrons. The van der Waals surface area contributed by atoms with Gasteiger partial charge in [-0.25, -0.2) is 4.98 Å². The summed E-state index contributed by atoms with van der Waals surface area (Å²) in [6.07, 6.45) is -3.96. The predicted molar refractivity (Wildman–Crippen MR) is 81.5 cm³/mol. The molecule has 0 aliphatic carbocycles. The average molecular weight is 365 g/mol. The van der Waals surface area contributed by atoms with Crippen molar-refractivity contribution < 1.29 is 22.8 Å². The zero-order chi connectivity index (χ0) is 17.4. The maximum atomic E-state index is 12.5. The highest BCUT2D eigenvalue weighted by atomic mass is 35.5. The number of nitro groups is 1. The number of nitro benzene ring substituents is 1. The van der Waals surface area contributed by atoms with Crippen molar-refractivity contribution in [2.45, 2.75) is 13.1 Å². The third kappa shape index (κ3) is 3.89. The molecule has 0 spiro atoms. The zero-order valence-electron chi connectivity index (χ0n) is 11.5. The maximum absolute atomic E-state index is 12.5. The number of halogens is 4. The number of aryl methyl sites for hydroxylation is 1. The van der Waals surface area contributed by atoms with Crippen LogP contribution in [0.2, 0.25) is 5.02 Å². The SMILES string of the molecule is Cc1cc(Oc2ncc(C(F)(F)F)cc2Cl)cc(P)c1[N+](=O)[O-]. The van der Waals surface area contributed by atoms with E-state index >= 15 is 0 Å². The second-order valence-corrected chi connectivity index (χ2v) is 5.58. The monoisotopic (exact) mass is 364 g/mol. The quantitative estimate of drug-likeness (QED) is 0.463. The van der Waals surface area contributed by atoms with Gasteiger partial charge in [0.05, 0.1) is 15.8 Å². The summed E-state index contributed by atoms with van der Waals surface area (Å²) in [5.74, 6) is -0.0513. The van der Waals surface area contributed by atoms with Crippen LogP contribution in [0, 0.1) is 17.0 Å². The number of pyridine rings is 1. The van der Waals surface area contributed by atoms with Gasteiger partial charge >= 0.3 is 6.18 Å². The zero-order valence-corrected chi connectivity index (χ0v) is 13.4. The van der Waals surface area contributed by atoms with Gasteiger partial charge in [0, 0.05) is 11.8 Å². The largest absolute Gasteiger partial charge is 0.438 e. The second kappa shape index (κ2) is 6.29. The Morgan fingerprint density at radius 1 is 1.35 bits per heavy atom. The topological polar surface area (TPSA) is 65.3 Å². The second-order valence-electron chi connectivity index (χ2n) is 4.55. The Morgan fingerprint density at radius 2 is 2.00 bits per heavy atom. The number of hydrogen-bond acceptors (Lipinski definition) is 4. The average Bonchev–Trinajstić information content (AvgIpc) is 2.38. The number of ether oxygens (including phenoxy) is 1. The van der Waals surface area contributed by atoms with Crippen molar-refractivity contribution in [2.75, 3.05) is 0 Å². The number of nitrogens with zero attached hydrogens (tertiary/aromatic N) is 2. The highest BCUT2D eigenvalue weighted by molar-refractivity contribution is 7.28. The fourth-order valence-corrected chi connectivity index (χ4v) is 2.55. The van der Waals surface area contributed by atoms with Crippen LogP contribution in [0.3, 0.4) is 0 Å². The number of hydrogen-bond donors (Lipinski definition) is 0. The molecule has 0 bridgehead atoms. The standard InChI is InChI=1S/C13H9ClF3N2O3P/c1-6-2-8(4-10(23)11(6)19(20)21)22-12-9(14)3-7(5-18-12)13(15,16)17/h2-5H,23H2,1H3. The summed E-state index contributed by atoms with van der Waals surface area (Å²) in [4.78, 5) is 13.9. The Bertz CT molecular complexity index is 761. The molecule has 0 aliphatic heterocycles. The van der Waals surface area contributed by atoms with E-state index in [0.29, 0.717) is 17.8 Å². The van der Waals surface area contributed by atoms with Crippen molar-refractivity contribution in [2.24, 2.45) is 0 Å². The van der Waals surface area contributed by atoms with E-state index < -0.39 is 16.7 Å². The van der Waals surface area contributed by atoms with Gasteiger partial charge in [0.25, 0.3) is 5.69 Å². The molecular weight excluding hydrogens is 356 g/mol. The van der Waals surface area contributed by atoms with Crippen LogP contribution in [0.15, 0.2) is 24.4 Å². The molecule has 10 heteroatoms. The van der Waals surface area contributed by atoms with Crippen molar-refractivity contribution in [1.82, 2.24) is 4.98 Å². The molecule has 2 rings (SSSR count). The maximum Gasteiger partial charge on any atom is 0.417 e. The van der Waals surface area contributed by atoms with E-state index in [-0.39, 0.29) is 27.6 Å². The highest BCUT2D eigenvalue weighted by Gasteiger charge is 2.31. The Labute approximate surface area is 135 Å². The predicted octanol–water partition coefficient (Wildman–Crippen LogP) is 4.26. The van der Waals surface area contributed by atoms with E-state index in [9.17, 15) is 23.3 Å². The molecular formula is C13H9ClF3N2O3P. The van der Waals surface area contributed by atoms with Crippen LogP contribution in [-0.2, 0) is 6.18 Å². The molecule has 23 heavy (non-hydrogen) atoms. The minimum absolute atomic E-state index is 0.0891. The summed E-state index contributed by atoms with van der Waals surface area (Å²) in [7, 11) is 2.20. The molecule has 1 aromatic carbocycles. The first-order valence-corrected chi connectivity index (χ1v) is 7.00. The molecule has 1 heterocycles. The molecule has 0 fully saturated rings. The van der Waals surface area contributed by atoms with Gasteiger partial charge in [-0.1, -0.05) is 20.8 Å². The van der Waals surface area contributed by atoms with E-state index in [4.69, 9.17) is 16.3 Å². The normalized spacial score (nSPS) is 11.4. The number of alkyl halides is 3. The third-order valence-corrected chi connectivity index (χ3v) is 3.55. The lowest BCUT2D eigenvalue weighted by Crippen LogP contribution is -2.07. The summed E-state index contributed by atoms with van der Waals surface area (Å²) in [6, 6.07) is 3.43. The van der Waals surface area contributed by atoms with Crippen LogP contribution in [0.1, 0.15) is 11.1 Å². The van der Waals surface area contributed by atoms with Crippen molar-refractivity contribution in [1.29, 1.82) is 0 Å². The molecule has 1 aromatic heterocycles. The van der Waals surface area contributed by atoms with Crippen LogP contribution >= 0.6 is 20.8 Å². The molecule has 5 nitrogen and oxygen atoms in total. The highest BCUT2D eigenvalue weighted by Crippen LogP contribution is 2.35. The fraction of sp³-hybridized carbons (Fsp3) is 0.154. The minimum atomic E-state index is -4.56. The van der Waals surface area contributed by atoms with Crippen LogP contribution < -0.4 is 10.0 Å². The lowest BCUT2D eigenvalue weighted by atomic mass is 10.2. The van der Waals surface area contributed by atoms with Gasteiger partial charge in [0.15, 0.2) is 0 Å². The van der Waals surface area contributed by atoms with Gasteiger partial charge in [0.1, 0.15) is 10.8 Å². The number of aromatic nitrogens is 1. The van der Waals surface area contributed by atoms with Gasteiger partial charge in [-0.3, -0.25) is 10.1 Å². The van der Waals surface area contributed by atoms with E-state index in [2.05, 4.69) is 14.2 Å². The van der Waals surface area contributed by atoms with Crippen molar-refractivity contribution in [3.8, 4) is 11.6 Å². The first-order valence-electron chi connectivity index (χ1n) is 6.04. The molecule has 0 amide bonds. The number of benzene rings is 1. The summed E-state index contributed by atoms with van der Waals surface area (Å²) in [6.45, 7) is 1.51. The molecule has 2 aromatic rings. The molecule has 0 saturated carbocycles. The molecule has 122 valence electrons. The van der Waals surface area contributed by atoms with Gasteiger partial charge in [-0.15, -0.1) is 0 Å². The summed E-state index contributed by atoms with van der Waals surface area (Å²) >= 11 is 5.75. The number of rotatable bonds is 3. The fourth-order valence-electron chi connectivity index (χ4n) is 1.85. The van der Waals surface area contributed by atoms with Gasteiger partial charge in [-0.05, 0) is 25.1 Å². The van der Waals surface area contributed by atoms with E-state index in [1.807, 2.05) is 0 Å². The third-order valence-electron chi connectivity index (χ3n) is 2.84. The summed E-state index contributed by atoms with van der Waals surface area (Å²) in [5.41, 5.74) is -0.754.